The Morgan fingerprint density at radius 3 is 2.48 bits per heavy atom. The minimum Gasteiger partial charge on any atom is -0.352 e. The van der Waals surface area contributed by atoms with Gasteiger partial charge in [-0.3, -0.25) is 4.79 Å². The highest BCUT2D eigenvalue weighted by Gasteiger charge is 2.15. The van der Waals surface area contributed by atoms with Crippen molar-refractivity contribution >= 4 is 15.9 Å². The minimum atomic E-state index is -3.65. The molecule has 6 nitrogen and oxygen atoms in total. The smallest absolute Gasteiger partial charge is 0.251 e. The van der Waals surface area contributed by atoms with Gasteiger partial charge in [0, 0.05) is 25.1 Å². The van der Waals surface area contributed by atoms with E-state index in [1.54, 1.807) is 0 Å². The van der Waals surface area contributed by atoms with E-state index >= 15 is 0 Å². The minimum absolute atomic E-state index is 0.0667. The van der Waals surface area contributed by atoms with Gasteiger partial charge < -0.3 is 5.32 Å². The van der Waals surface area contributed by atoms with Gasteiger partial charge in [-0.2, -0.15) is 5.26 Å². The van der Waals surface area contributed by atoms with Crippen LogP contribution in [0, 0.1) is 17.2 Å². The zero-order valence-corrected chi connectivity index (χ0v) is 15.7. The van der Waals surface area contributed by atoms with E-state index < -0.39 is 10.0 Å². The molecule has 0 aliphatic carbocycles. The lowest BCUT2D eigenvalue weighted by Crippen LogP contribution is -2.29. The first kappa shape index (κ1) is 21.1. The Hall–Kier alpha value is -1.91. The van der Waals surface area contributed by atoms with Gasteiger partial charge in [-0.15, -0.1) is 0 Å². The molecule has 138 valence electrons. The molecule has 1 atom stereocenters. The Labute approximate surface area is 150 Å². The molecule has 0 saturated heterocycles. The average molecular weight is 365 g/mol. The van der Waals surface area contributed by atoms with Gasteiger partial charge in [-0.25, -0.2) is 13.1 Å². The van der Waals surface area contributed by atoms with Gasteiger partial charge >= 0.3 is 0 Å². The van der Waals surface area contributed by atoms with E-state index in [0.29, 0.717) is 18.0 Å². The lowest BCUT2D eigenvalue weighted by molar-refractivity contribution is 0.0945. The number of carbonyl (C=O) groups is 1. The molecule has 0 heterocycles. The monoisotopic (exact) mass is 365 g/mol. The van der Waals surface area contributed by atoms with Crippen LogP contribution in [0.3, 0.4) is 0 Å². The summed E-state index contributed by atoms with van der Waals surface area (Å²) in [6.45, 7) is 4.96. The summed E-state index contributed by atoms with van der Waals surface area (Å²) >= 11 is 0. The van der Waals surface area contributed by atoms with Gasteiger partial charge in [0.2, 0.25) is 10.0 Å². The zero-order chi connectivity index (χ0) is 18.7. The highest BCUT2D eigenvalue weighted by Crippen LogP contribution is 2.13. The van der Waals surface area contributed by atoms with Crippen molar-refractivity contribution in [1.29, 1.82) is 5.26 Å². The van der Waals surface area contributed by atoms with Gasteiger partial charge in [0.15, 0.2) is 0 Å². The third-order valence-corrected chi connectivity index (χ3v) is 5.53. The molecule has 0 bridgehead atoms. The van der Waals surface area contributed by atoms with Gasteiger partial charge in [0.05, 0.1) is 11.0 Å². The molecule has 1 unspecified atom stereocenters. The Morgan fingerprint density at radius 1 is 1.24 bits per heavy atom. The van der Waals surface area contributed by atoms with E-state index in [4.69, 9.17) is 5.26 Å². The molecular weight excluding hydrogens is 338 g/mol. The summed E-state index contributed by atoms with van der Waals surface area (Å²) in [4.78, 5) is 12.3. The van der Waals surface area contributed by atoms with Crippen molar-refractivity contribution < 1.29 is 13.2 Å². The summed E-state index contributed by atoms with van der Waals surface area (Å²) in [5.74, 6) is 0.268. The Balaban J connectivity index is 2.63. The molecule has 25 heavy (non-hydrogen) atoms. The van der Waals surface area contributed by atoms with E-state index in [2.05, 4.69) is 23.9 Å². The van der Waals surface area contributed by atoms with Crippen molar-refractivity contribution in [3.05, 3.63) is 29.8 Å². The maximum atomic E-state index is 12.2. The number of carbonyl (C=O) groups excluding carboxylic acids is 1. The normalized spacial score (nSPS) is 12.4. The molecule has 0 aliphatic heterocycles. The number of nitrogens with zero attached hydrogens (tertiary/aromatic N) is 1. The van der Waals surface area contributed by atoms with Crippen molar-refractivity contribution in [2.45, 2.75) is 50.8 Å². The molecule has 1 rings (SSSR count). The number of nitriles is 1. The molecule has 1 amide bonds. The number of hydrogen-bond donors (Lipinski definition) is 2. The molecule has 0 spiro atoms. The van der Waals surface area contributed by atoms with Gasteiger partial charge in [-0.05, 0) is 36.6 Å². The van der Waals surface area contributed by atoms with Crippen molar-refractivity contribution in [2.75, 3.05) is 13.1 Å². The topological polar surface area (TPSA) is 99.1 Å². The van der Waals surface area contributed by atoms with E-state index in [-0.39, 0.29) is 23.8 Å². The molecule has 0 fully saturated rings. The fourth-order valence-electron chi connectivity index (χ4n) is 2.39. The van der Waals surface area contributed by atoms with Crippen LogP contribution in [0.5, 0.6) is 0 Å². The molecule has 0 aliphatic rings. The molecule has 7 heteroatoms. The first-order chi connectivity index (χ1) is 11.9. The average Bonchev–Trinajstić information content (AvgIpc) is 2.62. The molecule has 2 N–H and O–H groups in total. The lowest BCUT2D eigenvalue weighted by atomic mass is 9.99. The summed E-state index contributed by atoms with van der Waals surface area (Å²) in [5.41, 5.74) is 0.432. The highest BCUT2D eigenvalue weighted by atomic mass is 32.2. The SMILES string of the molecule is CCCCC(CC)CNC(=O)c1ccc(S(=O)(=O)NCCC#N)cc1. The predicted molar refractivity (Wildman–Crippen MR) is 97.5 cm³/mol. The van der Waals surface area contributed by atoms with Gasteiger partial charge in [-0.1, -0.05) is 33.1 Å². The Kier molecular flexibility index (Phi) is 9.17. The second kappa shape index (κ2) is 10.9. The van der Waals surface area contributed by atoms with Crippen LogP contribution in [-0.4, -0.2) is 27.4 Å². The van der Waals surface area contributed by atoms with Crippen molar-refractivity contribution in [1.82, 2.24) is 10.0 Å². The highest BCUT2D eigenvalue weighted by molar-refractivity contribution is 7.89. The Morgan fingerprint density at radius 2 is 1.92 bits per heavy atom. The summed E-state index contributed by atoms with van der Waals surface area (Å²) in [5, 5.41) is 11.4. The number of rotatable bonds is 11. The number of benzene rings is 1. The molecule has 0 radical (unpaired) electrons. The number of unbranched alkanes of at least 4 members (excludes halogenated alkanes) is 1. The van der Waals surface area contributed by atoms with Gasteiger partial charge in [0.25, 0.3) is 5.91 Å². The second-order valence-electron chi connectivity index (χ2n) is 5.96. The quantitative estimate of drug-likeness (QED) is 0.589. The summed E-state index contributed by atoms with van der Waals surface area (Å²) in [6, 6.07) is 7.68. The van der Waals surface area contributed by atoms with Crippen LogP contribution in [0.25, 0.3) is 0 Å². The third kappa shape index (κ3) is 7.24. The van der Waals surface area contributed by atoms with Crippen LogP contribution in [0.1, 0.15) is 56.3 Å². The predicted octanol–water partition coefficient (Wildman–Crippen LogP) is 2.82. The number of hydrogen-bond acceptors (Lipinski definition) is 4. The van der Waals surface area contributed by atoms with Crippen molar-refractivity contribution in [3.63, 3.8) is 0 Å². The number of sulfonamides is 1. The van der Waals surface area contributed by atoms with Crippen LogP contribution < -0.4 is 10.0 Å². The molecule has 0 saturated carbocycles. The standard InChI is InChI=1S/C18H27N3O3S/c1-3-5-7-15(4-2)14-20-18(22)16-8-10-17(11-9-16)25(23,24)21-13-6-12-19/h8-11,15,21H,3-7,13-14H2,1-2H3,(H,20,22). The Bertz CT molecular complexity index is 679. The van der Waals surface area contributed by atoms with Crippen LogP contribution >= 0.6 is 0 Å². The molecular formula is C18H27N3O3S. The maximum absolute atomic E-state index is 12.2. The van der Waals surface area contributed by atoms with Crippen molar-refractivity contribution in [3.8, 4) is 6.07 Å². The van der Waals surface area contributed by atoms with E-state index in [1.165, 1.54) is 24.3 Å². The summed E-state index contributed by atoms with van der Waals surface area (Å²) in [7, 11) is -3.65. The number of amides is 1. The van der Waals surface area contributed by atoms with Crippen molar-refractivity contribution in [2.24, 2.45) is 5.92 Å². The second-order valence-corrected chi connectivity index (χ2v) is 7.72. The van der Waals surface area contributed by atoms with E-state index in [1.807, 2.05) is 6.07 Å². The third-order valence-electron chi connectivity index (χ3n) is 4.05. The zero-order valence-electron chi connectivity index (χ0n) is 14.9. The van der Waals surface area contributed by atoms with Crippen LogP contribution in [0.2, 0.25) is 0 Å². The first-order valence-corrected chi connectivity index (χ1v) is 10.2. The summed E-state index contributed by atoms with van der Waals surface area (Å²) in [6.07, 6.45) is 4.52. The fourth-order valence-corrected chi connectivity index (χ4v) is 3.42. The summed E-state index contributed by atoms with van der Waals surface area (Å²) < 4.78 is 26.4. The van der Waals surface area contributed by atoms with Crippen LogP contribution in [0.15, 0.2) is 29.2 Å². The van der Waals surface area contributed by atoms with Gasteiger partial charge in [0.1, 0.15) is 0 Å². The lowest BCUT2D eigenvalue weighted by Gasteiger charge is -2.15. The van der Waals surface area contributed by atoms with E-state index in [0.717, 1.165) is 25.7 Å². The van der Waals surface area contributed by atoms with Crippen LogP contribution in [-0.2, 0) is 10.0 Å². The van der Waals surface area contributed by atoms with Crippen LogP contribution in [0.4, 0.5) is 0 Å². The first-order valence-electron chi connectivity index (χ1n) is 8.69. The maximum Gasteiger partial charge on any atom is 0.251 e. The number of nitrogens with one attached hydrogen (secondary N) is 2. The molecule has 0 aromatic heterocycles. The van der Waals surface area contributed by atoms with E-state index in [9.17, 15) is 13.2 Å². The molecule has 1 aromatic rings. The largest absolute Gasteiger partial charge is 0.352 e. The fraction of sp³-hybridized carbons (Fsp3) is 0.556. The molecule has 1 aromatic carbocycles.